The second-order valence-electron chi connectivity index (χ2n) is 4.46. The minimum atomic E-state index is -0.463. The molecule has 2 amide bonds. The van der Waals surface area contributed by atoms with Crippen LogP contribution in [-0.4, -0.2) is 36.1 Å². The highest BCUT2D eigenvalue weighted by molar-refractivity contribution is 5.91. The molecule has 0 spiro atoms. The van der Waals surface area contributed by atoms with Crippen molar-refractivity contribution in [3.8, 4) is 0 Å². The molecule has 0 aromatic heterocycles. The van der Waals surface area contributed by atoms with Crippen LogP contribution in [0.15, 0.2) is 24.3 Å². The molecule has 110 valence electrons. The molecule has 20 heavy (non-hydrogen) atoms. The Hall–Kier alpha value is -2.11. The van der Waals surface area contributed by atoms with Gasteiger partial charge in [-0.2, -0.15) is 0 Å². The lowest BCUT2D eigenvalue weighted by Gasteiger charge is -2.25. The molecule has 0 unspecified atom stereocenters. The molecule has 5 nitrogen and oxygen atoms in total. The zero-order chi connectivity index (χ0) is 15.1. The number of hydrogen-bond acceptors (Lipinski definition) is 3. The van der Waals surface area contributed by atoms with Crippen molar-refractivity contribution in [2.75, 3.05) is 18.5 Å². The van der Waals surface area contributed by atoms with Crippen LogP contribution in [0, 0.1) is 5.82 Å². The lowest BCUT2D eigenvalue weighted by atomic mass is 10.3. The fourth-order valence-electron chi connectivity index (χ4n) is 1.56. The quantitative estimate of drug-likeness (QED) is 0.845. The Morgan fingerprint density at radius 1 is 1.30 bits per heavy atom. The van der Waals surface area contributed by atoms with Gasteiger partial charge in [-0.3, -0.25) is 4.79 Å². The molecule has 0 saturated heterocycles. The monoisotopic (exact) mass is 282 g/mol. The van der Waals surface area contributed by atoms with Crippen LogP contribution in [0.4, 0.5) is 14.9 Å². The summed E-state index contributed by atoms with van der Waals surface area (Å²) in [6, 6.07) is 4.81. The number of halogens is 1. The molecule has 1 N–H and O–H groups in total. The minimum absolute atomic E-state index is 0.126. The number of carbonyl (C=O) groups is 2. The predicted octanol–water partition coefficient (Wildman–Crippen LogP) is 2.63. The van der Waals surface area contributed by atoms with E-state index in [1.165, 1.54) is 29.2 Å². The van der Waals surface area contributed by atoms with E-state index >= 15 is 0 Å². The van der Waals surface area contributed by atoms with Crippen molar-refractivity contribution in [2.45, 2.75) is 26.8 Å². The van der Waals surface area contributed by atoms with E-state index in [4.69, 9.17) is 4.74 Å². The van der Waals surface area contributed by atoms with Gasteiger partial charge in [-0.1, -0.05) is 0 Å². The Balaban J connectivity index is 2.69. The summed E-state index contributed by atoms with van der Waals surface area (Å²) in [7, 11) is 0. The number of carbonyl (C=O) groups excluding carboxylic acids is 2. The molecule has 0 aliphatic carbocycles. The first-order chi connectivity index (χ1) is 9.43. The van der Waals surface area contributed by atoms with E-state index < -0.39 is 12.0 Å². The van der Waals surface area contributed by atoms with Crippen LogP contribution in [0.1, 0.15) is 20.8 Å². The maximum atomic E-state index is 12.8. The molecule has 0 aliphatic heterocycles. The van der Waals surface area contributed by atoms with Crippen LogP contribution in [0.3, 0.4) is 0 Å². The average molecular weight is 282 g/mol. The van der Waals surface area contributed by atoms with Gasteiger partial charge in [0, 0.05) is 11.7 Å². The predicted molar refractivity (Wildman–Crippen MR) is 73.9 cm³/mol. The summed E-state index contributed by atoms with van der Waals surface area (Å²) in [5.41, 5.74) is 0.464. The van der Waals surface area contributed by atoms with Crippen molar-refractivity contribution in [3.63, 3.8) is 0 Å². The average Bonchev–Trinajstić information content (AvgIpc) is 2.38. The van der Waals surface area contributed by atoms with Gasteiger partial charge >= 0.3 is 12.0 Å². The number of nitrogens with one attached hydrogen (secondary N) is 1. The van der Waals surface area contributed by atoms with Crippen molar-refractivity contribution >= 4 is 17.7 Å². The molecule has 0 fully saturated rings. The first-order valence-electron chi connectivity index (χ1n) is 6.42. The fraction of sp³-hybridized carbons (Fsp3) is 0.429. The molecular weight excluding hydrogens is 263 g/mol. The van der Waals surface area contributed by atoms with E-state index in [9.17, 15) is 14.0 Å². The van der Waals surface area contributed by atoms with Gasteiger partial charge in [0.2, 0.25) is 0 Å². The molecule has 0 saturated carbocycles. The number of hydrogen-bond donors (Lipinski definition) is 1. The summed E-state index contributed by atoms with van der Waals surface area (Å²) in [4.78, 5) is 24.9. The van der Waals surface area contributed by atoms with E-state index in [1.807, 2.05) is 0 Å². The highest BCUT2D eigenvalue weighted by Gasteiger charge is 2.20. The van der Waals surface area contributed by atoms with Crippen LogP contribution in [0.25, 0.3) is 0 Å². The fourth-order valence-corrected chi connectivity index (χ4v) is 1.56. The van der Waals surface area contributed by atoms with Gasteiger partial charge < -0.3 is 15.0 Å². The second-order valence-corrected chi connectivity index (χ2v) is 4.46. The molecule has 1 aromatic rings. The van der Waals surface area contributed by atoms with Gasteiger partial charge in [0.05, 0.1) is 6.61 Å². The van der Waals surface area contributed by atoms with E-state index in [0.717, 1.165) is 0 Å². The molecule has 1 aromatic carbocycles. The maximum absolute atomic E-state index is 12.8. The van der Waals surface area contributed by atoms with Crippen molar-refractivity contribution in [2.24, 2.45) is 0 Å². The van der Waals surface area contributed by atoms with Crippen LogP contribution < -0.4 is 5.32 Å². The Labute approximate surface area is 117 Å². The highest BCUT2D eigenvalue weighted by Crippen LogP contribution is 2.10. The normalized spacial score (nSPS) is 10.2. The summed E-state index contributed by atoms with van der Waals surface area (Å²) < 4.78 is 17.6. The number of rotatable bonds is 5. The third kappa shape index (κ3) is 4.87. The van der Waals surface area contributed by atoms with Gasteiger partial charge in [-0.15, -0.1) is 0 Å². The molecule has 0 aliphatic rings. The number of nitrogens with zero attached hydrogens (tertiary/aromatic N) is 1. The van der Waals surface area contributed by atoms with E-state index in [0.29, 0.717) is 5.69 Å². The van der Waals surface area contributed by atoms with Crippen molar-refractivity contribution in [3.05, 3.63) is 30.1 Å². The van der Waals surface area contributed by atoms with Crippen LogP contribution in [0.5, 0.6) is 0 Å². The third-order valence-corrected chi connectivity index (χ3v) is 2.58. The largest absolute Gasteiger partial charge is 0.465 e. The maximum Gasteiger partial charge on any atom is 0.325 e. The first-order valence-corrected chi connectivity index (χ1v) is 6.42. The second kappa shape index (κ2) is 7.47. The summed E-state index contributed by atoms with van der Waals surface area (Å²) in [6.07, 6.45) is 0. The lowest BCUT2D eigenvalue weighted by molar-refractivity contribution is -0.144. The molecule has 0 atom stereocenters. The smallest absolute Gasteiger partial charge is 0.325 e. The SMILES string of the molecule is CCOC(=O)CN(C(=O)Nc1ccc(F)cc1)C(C)C. The Morgan fingerprint density at radius 3 is 2.40 bits per heavy atom. The first kappa shape index (κ1) is 15.9. The molecule has 0 heterocycles. The van der Waals surface area contributed by atoms with Gasteiger partial charge in [0.25, 0.3) is 0 Å². The highest BCUT2D eigenvalue weighted by atomic mass is 19.1. The van der Waals surface area contributed by atoms with Gasteiger partial charge in [0.1, 0.15) is 12.4 Å². The molecule has 0 bridgehead atoms. The van der Waals surface area contributed by atoms with Crippen LogP contribution in [0.2, 0.25) is 0 Å². The minimum Gasteiger partial charge on any atom is -0.465 e. The number of anilines is 1. The summed E-state index contributed by atoms with van der Waals surface area (Å²) in [6.45, 7) is 5.44. The Bertz CT molecular complexity index is 460. The summed E-state index contributed by atoms with van der Waals surface area (Å²) >= 11 is 0. The van der Waals surface area contributed by atoms with Crippen molar-refractivity contribution in [1.29, 1.82) is 0 Å². The van der Waals surface area contributed by atoms with Gasteiger partial charge in [0.15, 0.2) is 0 Å². The zero-order valence-corrected chi connectivity index (χ0v) is 11.9. The summed E-state index contributed by atoms with van der Waals surface area (Å²) in [5, 5.41) is 2.61. The third-order valence-electron chi connectivity index (χ3n) is 2.58. The number of esters is 1. The number of ether oxygens (including phenoxy) is 1. The zero-order valence-electron chi connectivity index (χ0n) is 11.9. The van der Waals surface area contributed by atoms with Crippen molar-refractivity contribution in [1.82, 2.24) is 4.90 Å². The van der Waals surface area contributed by atoms with E-state index in [2.05, 4.69) is 5.32 Å². The standard InChI is InChI=1S/C14H19FN2O3/c1-4-20-13(18)9-17(10(2)3)14(19)16-12-7-5-11(15)6-8-12/h5-8,10H,4,9H2,1-3H3,(H,16,19). The number of benzene rings is 1. The summed E-state index contributed by atoms with van der Waals surface area (Å²) in [5.74, 6) is -0.842. The van der Waals surface area contributed by atoms with Crippen molar-refractivity contribution < 1.29 is 18.7 Å². The Morgan fingerprint density at radius 2 is 1.90 bits per heavy atom. The van der Waals surface area contributed by atoms with Crippen LogP contribution >= 0.6 is 0 Å². The van der Waals surface area contributed by atoms with Crippen LogP contribution in [-0.2, 0) is 9.53 Å². The Kier molecular flexibility index (Phi) is 5.96. The number of amides is 2. The van der Waals surface area contributed by atoms with Gasteiger partial charge in [-0.25, -0.2) is 9.18 Å². The van der Waals surface area contributed by atoms with Gasteiger partial charge in [-0.05, 0) is 45.0 Å². The lowest BCUT2D eigenvalue weighted by Crippen LogP contribution is -2.43. The van der Waals surface area contributed by atoms with E-state index in [1.54, 1.807) is 20.8 Å². The number of urea groups is 1. The van der Waals surface area contributed by atoms with E-state index in [-0.39, 0.29) is 25.0 Å². The molecule has 6 heteroatoms. The molecular formula is C14H19FN2O3. The molecule has 1 rings (SSSR count). The topological polar surface area (TPSA) is 58.6 Å². The molecule has 0 radical (unpaired) electrons.